The Balaban J connectivity index is 2.13. The number of amides is 1. The van der Waals surface area contributed by atoms with Crippen molar-refractivity contribution in [2.24, 2.45) is 5.14 Å². The van der Waals surface area contributed by atoms with Gasteiger partial charge in [-0.1, -0.05) is 0 Å². The fourth-order valence-corrected chi connectivity index (χ4v) is 3.86. The number of primary sulfonamides is 1. The molecule has 0 bridgehead atoms. The SMILES string of the molecule is CC(C)NS(=O)(=O)c1ccc(C(=O)Nc2ccc(S(N)(=O)=O)cc2)cc1. The van der Waals surface area contributed by atoms with E-state index in [4.69, 9.17) is 5.14 Å². The topological polar surface area (TPSA) is 135 Å². The molecule has 1 amide bonds. The highest BCUT2D eigenvalue weighted by molar-refractivity contribution is 7.89. The molecule has 0 radical (unpaired) electrons. The Kier molecular flexibility index (Phi) is 5.81. The molecule has 26 heavy (non-hydrogen) atoms. The molecule has 2 aromatic rings. The number of nitrogens with one attached hydrogen (secondary N) is 2. The Morgan fingerprint density at radius 1 is 0.885 bits per heavy atom. The molecule has 8 nitrogen and oxygen atoms in total. The van der Waals surface area contributed by atoms with Crippen molar-refractivity contribution < 1.29 is 21.6 Å². The van der Waals surface area contributed by atoms with Crippen LogP contribution in [0, 0.1) is 0 Å². The Labute approximate surface area is 152 Å². The van der Waals surface area contributed by atoms with Gasteiger partial charge in [0.25, 0.3) is 5.91 Å². The molecule has 0 saturated heterocycles. The monoisotopic (exact) mass is 397 g/mol. The van der Waals surface area contributed by atoms with Gasteiger partial charge in [0.05, 0.1) is 9.79 Å². The van der Waals surface area contributed by atoms with Gasteiger partial charge >= 0.3 is 0 Å². The average molecular weight is 397 g/mol. The maximum Gasteiger partial charge on any atom is 0.255 e. The van der Waals surface area contributed by atoms with Gasteiger partial charge in [0, 0.05) is 17.3 Å². The van der Waals surface area contributed by atoms with Crippen LogP contribution in [-0.4, -0.2) is 28.8 Å². The number of carbonyl (C=O) groups excluding carboxylic acids is 1. The van der Waals surface area contributed by atoms with E-state index >= 15 is 0 Å². The lowest BCUT2D eigenvalue weighted by molar-refractivity contribution is 0.102. The van der Waals surface area contributed by atoms with Crippen LogP contribution in [0.3, 0.4) is 0 Å². The maximum atomic E-state index is 12.2. The molecule has 0 aliphatic carbocycles. The van der Waals surface area contributed by atoms with Crippen molar-refractivity contribution in [3.63, 3.8) is 0 Å². The molecule has 0 fully saturated rings. The summed E-state index contributed by atoms with van der Waals surface area (Å²) in [6.45, 7) is 3.42. The molecule has 0 aromatic heterocycles. The van der Waals surface area contributed by atoms with Crippen LogP contribution in [0.4, 0.5) is 5.69 Å². The molecule has 2 rings (SSSR count). The Bertz CT molecular complexity index is 997. The molecule has 0 saturated carbocycles. The van der Waals surface area contributed by atoms with Crippen LogP contribution in [0.2, 0.25) is 0 Å². The fourth-order valence-electron chi connectivity index (χ4n) is 2.10. The van der Waals surface area contributed by atoms with E-state index in [9.17, 15) is 21.6 Å². The molecule has 4 N–H and O–H groups in total. The second-order valence-corrected chi connectivity index (χ2v) is 9.10. The molecule has 0 heterocycles. The van der Waals surface area contributed by atoms with Crippen LogP contribution in [0.25, 0.3) is 0 Å². The van der Waals surface area contributed by atoms with E-state index in [2.05, 4.69) is 10.0 Å². The molecular weight excluding hydrogens is 378 g/mol. The highest BCUT2D eigenvalue weighted by atomic mass is 32.2. The summed E-state index contributed by atoms with van der Waals surface area (Å²) in [5.74, 6) is -0.464. The van der Waals surface area contributed by atoms with Gasteiger partial charge in [-0.2, -0.15) is 0 Å². The second kappa shape index (κ2) is 7.54. The van der Waals surface area contributed by atoms with Crippen LogP contribution >= 0.6 is 0 Å². The predicted molar refractivity (Wildman–Crippen MR) is 97.7 cm³/mol. The molecule has 0 aliphatic heterocycles. The number of hydrogen-bond acceptors (Lipinski definition) is 5. The van der Waals surface area contributed by atoms with Crippen molar-refractivity contribution in [3.8, 4) is 0 Å². The quantitative estimate of drug-likeness (QED) is 0.674. The van der Waals surface area contributed by atoms with Crippen molar-refractivity contribution >= 4 is 31.6 Å². The summed E-state index contributed by atoms with van der Waals surface area (Å²) >= 11 is 0. The van der Waals surface area contributed by atoms with Crippen molar-refractivity contribution in [3.05, 3.63) is 54.1 Å². The average Bonchev–Trinajstić information content (AvgIpc) is 2.53. The zero-order chi connectivity index (χ0) is 19.5. The molecule has 2 aromatic carbocycles. The van der Waals surface area contributed by atoms with E-state index in [1.165, 1.54) is 48.5 Å². The zero-order valence-electron chi connectivity index (χ0n) is 14.1. The molecule has 0 unspecified atom stereocenters. The number of rotatable bonds is 6. The van der Waals surface area contributed by atoms with Crippen molar-refractivity contribution in [1.29, 1.82) is 0 Å². The lowest BCUT2D eigenvalue weighted by Gasteiger charge is -2.10. The molecule has 140 valence electrons. The van der Waals surface area contributed by atoms with Crippen molar-refractivity contribution in [1.82, 2.24) is 4.72 Å². The molecule has 0 spiro atoms. The van der Waals surface area contributed by atoms with E-state index in [0.717, 1.165) is 0 Å². The Morgan fingerprint density at radius 3 is 1.85 bits per heavy atom. The van der Waals surface area contributed by atoms with E-state index in [1.54, 1.807) is 13.8 Å². The van der Waals surface area contributed by atoms with E-state index in [-0.39, 0.29) is 21.4 Å². The largest absolute Gasteiger partial charge is 0.322 e. The summed E-state index contributed by atoms with van der Waals surface area (Å²) in [6, 6.07) is 10.6. The van der Waals surface area contributed by atoms with Crippen LogP contribution in [0.5, 0.6) is 0 Å². The molecule has 0 atom stereocenters. The van der Waals surface area contributed by atoms with Crippen molar-refractivity contribution in [2.45, 2.75) is 29.7 Å². The van der Waals surface area contributed by atoms with Crippen LogP contribution in [0.1, 0.15) is 24.2 Å². The lowest BCUT2D eigenvalue weighted by Crippen LogP contribution is -2.30. The summed E-state index contributed by atoms with van der Waals surface area (Å²) < 4.78 is 49.0. The number of benzene rings is 2. The zero-order valence-corrected chi connectivity index (χ0v) is 15.8. The normalized spacial score (nSPS) is 12.2. The first-order chi connectivity index (χ1) is 12.0. The number of hydrogen-bond donors (Lipinski definition) is 3. The Hall–Kier alpha value is -2.27. The van der Waals surface area contributed by atoms with Gasteiger partial charge in [0.2, 0.25) is 20.0 Å². The smallest absolute Gasteiger partial charge is 0.255 e. The van der Waals surface area contributed by atoms with E-state index < -0.39 is 26.0 Å². The number of carbonyl (C=O) groups is 1. The standard InChI is InChI=1S/C16H19N3O5S2/c1-11(2)19-26(23,24)15-7-3-12(4-8-15)16(20)18-13-5-9-14(10-6-13)25(17,21)22/h3-11,19H,1-2H3,(H,18,20)(H2,17,21,22). The third-order valence-electron chi connectivity index (χ3n) is 3.26. The van der Waals surface area contributed by atoms with Gasteiger partial charge < -0.3 is 5.32 Å². The Morgan fingerprint density at radius 2 is 1.38 bits per heavy atom. The maximum absolute atomic E-state index is 12.2. The highest BCUT2D eigenvalue weighted by Gasteiger charge is 2.16. The van der Waals surface area contributed by atoms with E-state index in [0.29, 0.717) is 5.69 Å². The molecular formula is C16H19N3O5S2. The number of sulfonamides is 2. The summed E-state index contributed by atoms with van der Waals surface area (Å²) in [5.41, 5.74) is 0.629. The minimum atomic E-state index is -3.80. The number of anilines is 1. The summed E-state index contributed by atoms with van der Waals surface area (Å²) in [6.07, 6.45) is 0. The van der Waals surface area contributed by atoms with Gasteiger partial charge in [-0.25, -0.2) is 26.7 Å². The minimum absolute atomic E-state index is 0.0558. The van der Waals surface area contributed by atoms with E-state index in [1.807, 2.05) is 0 Å². The molecule has 0 aliphatic rings. The minimum Gasteiger partial charge on any atom is -0.322 e. The first-order valence-corrected chi connectivity index (χ1v) is 10.6. The van der Waals surface area contributed by atoms with Crippen LogP contribution in [-0.2, 0) is 20.0 Å². The predicted octanol–water partition coefficient (Wildman–Crippen LogP) is 1.27. The number of nitrogens with two attached hydrogens (primary N) is 1. The van der Waals surface area contributed by atoms with Crippen LogP contribution in [0.15, 0.2) is 58.3 Å². The first-order valence-electron chi connectivity index (χ1n) is 7.55. The van der Waals surface area contributed by atoms with Crippen LogP contribution < -0.4 is 15.2 Å². The highest BCUT2D eigenvalue weighted by Crippen LogP contribution is 2.15. The summed E-state index contributed by atoms with van der Waals surface area (Å²) in [5, 5.41) is 7.60. The van der Waals surface area contributed by atoms with Crippen molar-refractivity contribution in [2.75, 3.05) is 5.32 Å². The first kappa shape index (κ1) is 20.0. The summed E-state index contributed by atoms with van der Waals surface area (Å²) in [4.78, 5) is 12.2. The van der Waals surface area contributed by atoms with Gasteiger partial charge in [0.1, 0.15) is 0 Å². The lowest BCUT2D eigenvalue weighted by atomic mass is 10.2. The summed E-state index contributed by atoms with van der Waals surface area (Å²) in [7, 11) is -7.43. The fraction of sp³-hybridized carbons (Fsp3) is 0.188. The second-order valence-electron chi connectivity index (χ2n) is 5.82. The van der Waals surface area contributed by atoms with Gasteiger partial charge in [-0.15, -0.1) is 0 Å². The third-order valence-corrected chi connectivity index (χ3v) is 5.86. The van der Waals surface area contributed by atoms with Gasteiger partial charge in [-0.05, 0) is 62.4 Å². The van der Waals surface area contributed by atoms with Gasteiger partial charge in [0.15, 0.2) is 0 Å². The molecule has 10 heteroatoms. The third kappa shape index (κ3) is 5.11. The van der Waals surface area contributed by atoms with Gasteiger partial charge in [-0.3, -0.25) is 4.79 Å².